The fourth-order valence-corrected chi connectivity index (χ4v) is 2.94. The summed E-state index contributed by atoms with van der Waals surface area (Å²) in [7, 11) is 1.40. The lowest BCUT2D eigenvalue weighted by atomic mass is 10.1. The Bertz CT molecular complexity index is 809. The van der Waals surface area contributed by atoms with Gasteiger partial charge in [0.1, 0.15) is 0 Å². The van der Waals surface area contributed by atoms with E-state index in [1.165, 1.54) is 7.11 Å². The summed E-state index contributed by atoms with van der Waals surface area (Å²) < 4.78 is 9.02. The third-order valence-electron chi connectivity index (χ3n) is 3.83. The highest BCUT2D eigenvalue weighted by Gasteiger charge is 2.17. The number of esters is 1. The molecule has 0 radical (unpaired) electrons. The monoisotopic (exact) mass is 331 g/mol. The topological polar surface area (TPSA) is 49.1 Å². The molecule has 5 nitrogen and oxygen atoms in total. The molecule has 0 aliphatic carbocycles. The molecule has 1 aromatic carbocycles. The Morgan fingerprint density at radius 2 is 2.26 bits per heavy atom. The summed E-state index contributed by atoms with van der Waals surface area (Å²) in [5.41, 5.74) is 2.62. The molecule has 2 aromatic heterocycles. The minimum atomic E-state index is -0.324. The second-order valence-electron chi connectivity index (χ2n) is 5.32. The van der Waals surface area contributed by atoms with Crippen molar-refractivity contribution < 1.29 is 9.53 Å². The van der Waals surface area contributed by atoms with E-state index >= 15 is 0 Å². The number of nitrogens with zero attached hydrogens (tertiary/aromatic N) is 3. The molecule has 0 aliphatic heterocycles. The first-order valence-corrected chi connectivity index (χ1v) is 7.98. The quantitative estimate of drug-likeness (QED) is 0.514. The van der Waals surface area contributed by atoms with Crippen molar-refractivity contribution in [3.8, 4) is 0 Å². The van der Waals surface area contributed by atoms with Crippen LogP contribution in [0.25, 0.3) is 10.9 Å². The highest BCUT2D eigenvalue weighted by molar-refractivity contribution is 6.17. The number of carbonyl (C=O) groups excluding carboxylic acids is 1. The third kappa shape index (κ3) is 3.10. The van der Waals surface area contributed by atoms with E-state index in [-0.39, 0.29) is 5.97 Å². The van der Waals surface area contributed by atoms with E-state index in [0.29, 0.717) is 18.0 Å². The van der Waals surface area contributed by atoms with Crippen molar-refractivity contribution in [2.45, 2.75) is 19.5 Å². The highest BCUT2D eigenvalue weighted by atomic mass is 35.5. The SMILES string of the molecule is COC(=O)c1cccc2c(Cn3ccnc3)cn(CCCCl)c12. The van der Waals surface area contributed by atoms with Gasteiger partial charge in [-0.2, -0.15) is 0 Å². The zero-order valence-electron chi connectivity index (χ0n) is 12.9. The summed E-state index contributed by atoms with van der Waals surface area (Å²) in [5.74, 6) is 0.256. The van der Waals surface area contributed by atoms with Gasteiger partial charge in [-0.1, -0.05) is 12.1 Å². The molecular formula is C17H18ClN3O2. The van der Waals surface area contributed by atoms with E-state index in [1.54, 1.807) is 18.6 Å². The Labute approximate surface area is 139 Å². The molecule has 0 atom stereocenters. The van der Waals surface area contributed by atoms with Crippen LogP contribution >= 0.6 is 11.6 Å². The second kappa shape index (κ2) is 6.87. The number of para-hydroxylation sites is 1. The number of halogens is 1. The number of hydrogen-bond donors (Lipinski definition) is 0. The molecule has 0 saturated carbocycles. The predicted octanol–water partition coefficient (Wildman–Crippen LogP) is 3.30. The fourth-order valence-electron chi connectivity index (χ4n) is 2.82. The molecule has 6 heteroatoms. The van der Waals surface area contributed by atoms with Crippen LogP contribution in [0.3, 0.4) is 0 Å². The molecular weight excluding hydrogens is 314 g/mol. The lowest BCUT2D eigenvalue weighted by Gasteiger charge is -2.07. The molecule has 120 valence electrons. The first-order valence-electron chi connectivity index (χ1n) is 7.45. The molecule has 0 spiro atoms. The van der Waals surface area contributed by atoms with Crippen LogP contribution in [-0.4, -0.2) is 33.1 Å². The minimum absolute atomic E-state index is 0.324. The highest BCUT2D eigenvalue weighted by Crippen LogP contribution is 2.26. The van der Waals surface area contributed by atoms with Gasteiger partial charge in [-0.25, -0.2) is 9.78 Å². The number of rotatable bonds is 6. The van der Waals surface area contributed by atoms with Gasteiger partial charge in [-0.15, -0.1) is 11.6 Å². The lowest BCUT2D eigenvalue weighted by molar-refractivity contribution is 0.0602. The number of hydrogen-bond acceptors (Lipinski definition) is 3. The van der Waals surface area contributed by atoms with Crippen molar-refractivity contribution in [3.05, 3.63) is 54.2 Å². The van der Waals surface area contributed by atoms with Gasteiger partial charge < -0.3 is 13.9 Å². The van der Waals surface area contributed by atoms with E-state index in [2.05, 4.69) is 15.7 Å². The van der Waals surface area contributed by atoms with Crippen molar-refractivity contribution >= 4 is 28.5 Å². The molecule has 2 heterocycles. The number of benzene rings is 1. The maximum Gasteiger partial charge on any atom is 0.340 e. The number of ether oxygens (including phenoxy) is 1. The van der Waals surface area contributed by atoms with Crippen LogP contribution in [-0.2, 0) is 17.8 Å². The number of aryl methyl sites for hydroxylation is 1. The van der Waals surface area contributed by atoms with Crippen molar-refractivity contribution in [2.24, 2.45) is 0 Å². The van der Waals surface area contributed by atoms with Gasteiger partial charge in [0.2, 0.25) is 0 Å². The number of carbonyl (C=O) groups is 1. The van der Waals surface area contributed by atoms with Crippen molar-refractivity contribution in [2.75, 3.05) is 13.0 Å². The molecule has 3 rings (SSSR count). The third-order valence-corrected chi connectivity index (χ3v) is 4.10. The Morgan fingerprint density at radius 3 is 2.96 bits per heavy atom. The second-order valence-corrected chi connectivity index (χ2v) is 5.70. The number of fused-ring (bicyclic) bond motifs is 1. The van der Waals surface area contributed by atoms with Crippen molar-refractivity contribution in [1.82, 2.24) is 14.1 Å². The van der Waals surface area contributed by atoms with E-state index in [0.717, 1.165) is 29.4 Å². The molecule has 0 unspecified atom stereocenters. The Kier molecular flexibility index (Phi) is 4.67. The van der Waals surface area contributed by atoms with E-state index in [4.69, 9.17) is 16.3 Å². The number of aromatic nitrogens is 3. The van der Waals surface area contributed by atoms with Crippen LogP contribution in [0.15, 0.2) is 43.1 Å². The molecule has 0 bridgehead atoms. The van der Waals surface area contributed by atoms with Gasteiger partial charge in [0, 0.05) is 36.4 Å². The molecule has 23 heavy (non-hydrogen) atoms. The smallest absolute Gasteiger partial charge is 0.340 e. The van der Waals surface area contributed by atoms with Crippen LogP contribution in [0, 0.1) is 0 Å². The molecule has 0 amide bonds. The average Bonchev–Trinajstić information content (AvgIpc) is 3.21. The fraction of sp³-hybridized carbons (Fsp3) is 0.294. The van der Waals surface area contributed by atoms with E-state index in [9.17, 15) is 4.79 Å². The number of alkyl halides is 1. The zero-order chi connectivity index (χ0) is 16.2. The predicted molar refractivity (Wildman–Crippen MR) is 89.9 cm³/mol. The van der Waals surface area contributed by atoms with Gasteiger partial charge in [0.15, 0.2) is 0 Å². The van der Waals surface area contributed by atoms with Gasteiger partial charge in [-0.05, 0) is 18.1 Å². The maximum atomic E-state index is 12.1. The summed E-state index contributed by atoms with van der Waals surface area (Å²) in [6, 6.07) is 5.72. The van der Waals surface area contributed by atoms with Crippen LogP contribution < -0.4 is 0 Å². The largest absolute Gasteiger partial charge is 0.465 e. The molecule has 3 aromatic rings. The normalized spacial score (nSPS) is 11.0. The standard InChI is InChI=1S/C17H18ClN3O2/c1-23-17(22)15-5-2-4-14-13(10-20-9-7-19-12-20)11-21(16(14)15)8-3-6-18/h2,4-5,7,9,11-12H,3,6,8,10H2,1H3. The summed E-state index contributed by atoms with van der Waals surface area (Å²) in [5, 5.41) is 1.05. The Hall–Kier alpha value is -2.27. The van der Waals surface area contributed by atoms with E-state index in [1.807, 2.05) is 22.9 Å². The minimum Gasteiger partial charge on any atom is -0.465 e. The Balaban J connectivity index is 2.12. The summed E-state index contributed by atoms with van der Waals surface area (Å²) in [6.07, 6.45) is 8.39. The van der Waals surface area contributed by atoms with Gasteiger partial charge in [0.05, 0.1) is 31.1 Å². The Morgan fingerprint density at radius 1 is 1.39 bits per heavy atom. The first-order chi connectivity index (χ1) is 11.2. The summed E-state index contributed by atoms with van der Waals surface area (Å²) in [4.78, 5) is 16.2. The van der Waals surface area contributed by atoms with Crippen LogP contribution in [0.4, 0.5) is 0 Å². The van der Waals surface area contributed by atoms with Crippen LogP contribution in [0.2, 0.25) is 0 Å². The summed E-state index contributed by atoms with van der Waals surface area (Å²) in [6.45, 7) is 1.47. The average molecular weight is 332 g/mol. The van der Waals surface area contributed by atoms with Crippen molar-refractivity contribution in [3.63, 3.8) is 0 Å². The van der Waals surface area contributed by atoms with E-state index < -0.39 is 0 Å². The van der Waals surface area contributed by atoms with Gasteiger partial charge in [-0.3, -0.25) is 0 Å². The maximum absolute atomic E-state index is 12.1. The molecule has 0 saturated heterocycles. The van der Waals surface area contributed by atoms with Gasteiger partial charge >= 0.3 is 5.97 Å². The first kappa shape index (κ1) is 15.6. The molecule has 0 fully saturated rings. The summed E-state index contributed by atoms with van der Waals surface area (Å²) >= 11 is 5.84. The van der Waals surface area contributed by atoms with Gasteiger partial charge in [0.25, 0.3) is 0 Å². The molecule has 0 aliphatic rings. The number of methoxy groups -OCH3 is 1. The molecule has 0 N–H and O–H groups in total. The van der Waals surface area contributed by atoms with Crippen molar-refractivity contribution in [1.29, 1.82) is 0 Å². The van der Waals surface area contributed by atoms with Crippen LogP contribution in [0.1, 0.15) is 22.3 Å². The number of imidazole rings is 1. The zero-order valence-corrected chi connectivity index (χ0v) is 13.7. The lowest BCUT2D eigenvalue weighted by Crippen LogP contribution is -2.06. The van der Waals surface area contributed by atoms with Crippen LogP contribution in [0.5, 0.6) is 0 Å².